The van der Waals surface area contributed by atoms with Crippen molar-refractivity contribution in [2.45, 2.75) is 13.1 Å². The van der Waals surface area contributed by atoms with E-state index in [1.807, 2.05) is 0 Å². The topological polar surface area (TPSA) is 153 Å². The van der Waals surface area contributed by atoms with Gasteiger partial charge in [-0.3, -0.25) is 19.0 Å². The minimum Gasteiger partial charge on any atom is -0.408 e. The summed E-state index contributed by atoms with van der Waals surface area (Å²) in [5.41, 5.74) is 2.16. The SMILES string of the molecule is CNC(=O)c1cccc(CNC(=O)c2cc(C(=O)NCc3ccc4oc(=O)n(C)c4c3)nc3c(F)cnn23)c1. The quantitative estimate of drug-likeness (QED) is 0.288. The largest absolute Gasteiger partial charge is 0.419 e. The van der Waals surface area contributed by atoms with E-state index in [1.54, 1.807) is 49.5 Å². The maximum Gasteiger partial charge on any atom is 0.419 e. The van der Waals surface area contributed by atoms with Gasteiger partial charge >= 0.3 is 5.76 Å². The normalized spacial score (nSPS) is 11.1. The molecule has 3 heterocycles. The smallest absolute Gasteiger partial charge is 0.408 e. The van der Waals surface area contributed by atoms with E-state index in [1.165, 1.54) is 17.7 Å². The second-order valence-electron chi connectivity index (χ2n) is 8.63. The van der Waals surface area contributed by atoms with Gasteiger partial charge in [0.2, 0.25) is 0 Å². The molecule has 13 heteroatoms. The molecule has 0 spiro atoms. The second kappa shape index (κ2) is 10.2. The zero-order valence-electron chi connectivity index (χ0n) is 20.8. The van der Waals surface area contributed by atoms with Crippen molar-refractivity contribution in [3.05, 3.63) is 99.2 Å². The number of fused-ring (bicyclic) bond motifs is 2. The fraction of sp³-hybridized carbons (Fsp3) is 0.154. The lowest BCUT2D eigenvalue weighted by Gasteiger charge is -2.10. The molecule has 0 aliphatic heterocycles. The Bertz CT molecular complexity index is 1820. The first-order valence-corrected chi connectivity index (χ1v) is 11.8. The standard InChI is InChI=1S/C26H22FN7O5/c1-28-23(35)16-5-3-4-14(8-16)11-30-25(37)20-10-18(32-22-17(27)13-31-34(20)22)24(36)29-12-15-6-7-21-19(9-15)33(2)26(38)39-21/h3-10,13H,11-12H2,1-2H3,(H,28,35)(H,29,36)(H,30,37). The molecule has 0 atom stereocenters. The zero-order valence-corrected chi connectivity index (χ0v) is 20.8. The second-order valence-corrected chi connectivity index (χ2v) is 8.63. The molecule has 3 N–H and O–H groups in total. The molecule has 0 aliphatic carbocycles. The Morgan fingerprint density at radius 2 is 1.72 bits per heavy atom. The molecule has 3 amide bonds. The molecule has 3 aromatic heterocycles. The van der Waals surface area contributed by atoms with Crippen molar-refractivity contribution < 1.29 is 23.2 Å². The third-order valence-corrected chi connectivity index (χ3v) is 6.07. The fourth-order valence-electron chi connectivity index (χ4n) is 4.01. The van der Waals surface area contributed by atoms with Crippen molar-refractivity contribution in [3.63, 3.8) is 0 Å². The van der Waals surface area contributed by atoms with Gasteiger partial charge in [0.1, 0.15) is 11.4 Å². The average Bonchev–Trinajstić information content (AvgIpc) is 3.47. The molecular formula is C26H22FN7O5. The molecule has 0 bridgehead atoms. The number of amides is 3. The molecule has 2 aromatic carbocycles. The molecule has 0 unspecified atom stereocenters. The van der Waals surface area contributed by atoms with Gasteiger partial charge < -0.3 is 20.4 Å². The van der Waals surface area contributed by atoms with Crippen LogP contribution in [0.25, 0.3) is 16.7 Å². The number of oxazole rings is 1. The summed E-state index contributed by atoms with van der Waals surface area (Å²) in [5, 5.41) is 11.8. The summed E-state index contributed by atoms with van der Waals surface area (Å²) in [4.78, 5) is 53.6. The molecule has 0 radical (unpaired) electrons. The van der Waals surface area contributed by atoms with Crippen LogP contribution in [0.5, 0.6) is 0 Å². The lowest BCUT2D eigenvalue weighted by atomic mass is 10.1. The van der Waals surface area contributed by atoms with Crippen LogP contribution in [0.4, 0.5) is 4.39 Å². The van der Waals surface area contributed by atoms with Gasteiger partial charge in [0.25, 0.3) is 17.7 Å². The third-order valence-electron chi connectivity index (χ3n) is 6.07. The maximum atomic E-state index is 14.4. The highest BCUT2D eigenvalue weighted by Crippen LogP contribution is 2.15. The predicted octanol–water partition coefficient (Wildman–Crippen LogP) is 1.53. The first kappa shape index (κ1) is 25.3. The number of nitrogens with one attached hydrogen (secondary N) is 3. The van der Waals surface area contributed by atoms with Crippen molar-refractivity contribution in [1.29, 1.82) is 0 Å². The van der Waals surface area contributed by atoms with E-state index < -0.39 is 23.4 Å². The number of carbonyl (C=O) groups is 3. The number of aromatic nitrogens is 4. The number of halogens is 1. The van der Waals surface area contributed by atoms with E-state index in [0.29, 0.717) is 27.8 Å². The summed E-state index contributed by atoms with van der Waals surface area (Å²) >= 11 is 0. The molecule has 0 saturated carbocycles. The number of benzene rings is 2. The summed E-state index contributed by atoms with van der Waals surface area (Å²) in [6.07, 6.45) is 0.901. The molecule has 198 valence electrons. The fourth-order valence-corrected chi connectivity index (χ4v) is 4.01. The first-order valence-electron chi connectivity index (χ1n) is 11.8. The van der Waals surface area contributed by atoms with Gasteiger partial charge in [-0.15, -0.1) is 0 Å². The Morgan fingerprint density at radius 1 is 0.974 bits per heavy atom. The monoisotopic (exact) mass is 531 g/mol. The van der Waals surface area contributed by atoms with Crippen LogP contribution < -0.4 is 21.7 Å². The number of aryl methyl sites for hydroxylation is 1. The Balaban J connectivity index is 1.35. The van der Waals surface area contributed by atoms with Crippen LogP contribution in [-0.2, 0) is 20.1 Å². The predicted molar refractivity (Wildman–Crippen MR) is 137 cm³/mol. The Morgan fingerprint density at radius 3 is 2.49 bits per heavy atom. The molecule has 0 fully saturated rings. The van der Waals surface area contributed by atoms with Crippen LogP contribution in [-0.4, -0.2) is 43.9 Å². The third kappa shape index (κ3) is 4.97. The molecule has 0 saturated heterocycles. The van der Waals surface area contributed by atoms with Crippen LogP contribution >= 0.6 is 0 Å². The first-order chi connectivity index (χ1) is 18.7. The lowest BCUT2D eigenvalue weighted by molar-refractivity contribution is 0.0939. The number of carbonyl (C=O) groups excluding carboxylic acids is 3. The van der Waals surface area contributed by atoms with Gasteiger partial charge in [0.15, 0.2) is 17.0 Å². The van der Waals surface area contributed by atoms with Gasteiger partial charge in [0.05, 0.1) is 11.7 Å². The molecular weight excluding hydrogens is 509 g/mol. The number of hydrogen-bond donors (Lipinski definition) is 3. The van der Waals surface area contributed by atoms with E-state index >= 15 is 0 Å². The van der Waals surface area contributed by atoms with Crippen molar-refractivity contribution in [2.75, 3.05) is 7.05 Å². The minimum absolute atomic E-state index is 0.0672. The van der Waals surface area contributed by atoms with Gasteiger partial charge in [-0.05, 0) is 35.4 Å². The minimum atomic E-state index is -0.802. The van der Waals surface area contributed by atoms with Gasteiger partial charge in [-0.25, -0.2) is 18.7 Å². The van der Waals surface area contributed by atoms with Gasteiger partial charge in [0, 0.05) is 38.8 Å². The number of hydrogen-bond acceptors (Lipinski definition) is 7. The van der Waals surface area contributed by atoms with Crippen molar-refractivity contribution in [2.24, 2.45) is 7.05 Å². The summed E-state index contributed by atoms with van der Waals surface area (Å²) < 4.78 is 21.9. The Kier molecular flexibility index (Phi) is 6.63. The van der Waals surface area contributed by atoms with Crippen molar-refractivity contribution >= 4 is 34.5 Å². The maximum absolute atomic E-state index is 14.4. The van der Waals surface area contributed by atoms with E-state index in [-0.39, 0.29) is 36.0 Å². The highest BCUT2D eigenvalue weighted by Gasteiger charge is 2.20. The molecule has 5 rings (SSSR count). The van der Waals surface area contributed by atoms with Gasteiger partial charge in [-0.1, -0.05) is 18.2 Å². The van der Waals surface area contributed by atoms with E-state index in [0.717, 1.165) is 10.7 Å². The van der Waals surface area contributed by atoms with E-state index in [4.69, 9.17) is 4.42 Å². The van der Waals surface area contributed by atoms with Crippen LogP contribution in [0.2, 0.25) is 0 Å². The number of rotatable bonds is 7. The molecule has 5 aromatic rings. The summed E-state index contributed by atoms with van der Waals surface area (Å²) in [6.45, 7) is 0.143. The highest BCUT2D eigenvalue weighted by molar-refractivity contribution is 5.98. The Labute approximate surface area is 219 Å². The Hall–Kier alpha value is -5.33. The van der Waals surface area contributed by atoms with Crippen LogP contribution in [0, 0.1) is 5.82 Å². The van der Waals surface area contributed by atoms with Gasteiger partial charge in [-0.2, -0.15) is 5.10 Å². The molecule has 12 nitrogen and oxygen atoms in total. The van der Waals surface area contributed by atoms with E-state index in [9.17, 15) is 23.6 Å². The lowest BCUT2D eigenvalue weighted by Crippen LogP contribution is -2.28. The zero-order chi connectivity index (χ0) is 27.7. The van der Waals surface area contributed by atoms with E-state index in [2.05, 4.69) is 26.0 Å². The van der Waals surface area contributed by atoms with Crippen LogP contribution in [0.15, 0.2) is 63.9 Å². The van der Waals surface area contributed by atoms with Crippen molar-refractivity contribution in [1.82, 2.24) is 35.1 Å². The molecule has 39 heavy (non-hydrogen) atoms. The highest BCUT2D eigenvalue weighted by atomic mass is 19.1. The summed E-state index contributed by atoms with van der Waals surface area (Å²) in [5.74, 6) is -2.85. The van der Waals surface area contributed by atoms with Crippen molar-refractivity contribution in [3.8, 4) is 0 Å². The number of nitrogens with zero attached hydrogens (tertiary/aromatic N) is 4. The average molecular weight is 532 g/mol. The summed E-state index contributed by atoms with van der Waals surface area (Å²) in [6, 6.07) is 12.9. The van der Waals surface area contributed by atoms with Crippen LogP contribution in [0.3, 0.4) is 0 Å². The van der Waals surface area contributed by atoms with Crippen LogP contribution in [0.1, 0.15) is 42.5 Å². The molecule has 0 aliphatic rings. The summed E-state index contributed by atoms with van der Waals surface area (Å²) in [7, 11) is 3.09.